The van der Waals surface area contributed by atoms with Gasteiger partial charge in [0, 0.05) is 11.8 Å². The molecule has 0 saturated carbocycles. The van der Waals surface area contributed by atoms with Crippen LogP contribution < -0.4 is 0 Å². The van der Waals surface area contributed by atoms with Crippen molar-refractivity contribution in [3.8, 4) is 11.5 Å². The van der Waals surface area contributed by atoms with Gasteiger partial charge in [0.15, 0.2) is 0 Å². The molecule has 2 aromatic heterocycles. The van der Waals surface area contributed by atoms with E-state index >= 15 is 0 Å². The molecule has 0 aliphatic heterocycles. The largest absolute Gasteiger partial charge is 0.444 e. The Hall–Kier alpha value is -1.29. The lowest BCUT2D eigenvalue weighted by molar-refractivity contribution is 0.573. The molecule has 0 aliphatic carbocycles. The smallest absolute Gasteiger partial charge is 0.226 e. The Morgan fingerprint density at radius 3 is 2.92 bits per heavy atom. The first-order chi connectivity index (χ1) is 6.25. The molecule has 0 radical (unpaired) electrons. The number of pyridine rings is 1. The van der Waals surface area contributed by atoms with Crippen LogP contribution in [0.3, 0.4) is 0 Å². The Bertz CT molecular complexity index is 425. The van der Waals surface area contributed by atoms with Gasteiger partial charge in [-0.1, -0.05) is 0 Å². The van der Waals surface area contributed by atoms with Gasteiger partial charge in [0.05, 0.1) is 10.7 Å². The normalized spacial score (nSPS) is 10.3. The molecule has 0 fully saturated rings. The number of hydrogen-bond acceptors (Lipinski definition) is 4. The van der Waals surface area contributed by atoms with E-state index in [4.69, 9.17) is 4.42 Å². The summed E-state index contributed by atoms with van der Waals surface area (Å²) in [5.74, 6) is 0.607. The van der Waals surface area contributed by atoms with Gasteiger partial charge in [-0.25, -0.2) is 4.98 Å². The molecule has 2 rings (SSSR count). The van der Waals surface area contributed by atoms with Gasteiger partial charge in [0.1, 0.15) is 6.26 Å². The molecule has 0 saturated heterocycles. The Morgan fingerprint density at radius 1 is 1.46 bits per heavy atom. The molecule has 0 N–H and O–H groups in total. The molecule has 2 aromatic rings. The zero-order valence-electron chi connectivity index (χ0n) is 7.06. The lowest BCUT2D eigenvalue weighted by Crippen LogP contribution is -1.80. The number of nitrogens with zero attached hydrogens (tertiary/aromatic N) is 2. The van der Waals surface area contributed by atoms with Crippen LogP contribution in [0.1, 0.15) is 5.69 Å². The summed E-state index contributed by atoms with van der Waals surface area (Å²) in [6.07, 6.45) is 3.30. The van der Waals surface area contributed by atoms with Crippen LogP contribution in [0.4, 0.5) is 0 Å². The SMILES string of the molecule is Cc1coc(-c2ccnc(S)c2)n1. The summed E-state index contributed by atoms with van der Waals surface area (Å²) < 4.78 is 5.23. The topological polar surface area (TPSA) is 38.9 Å². The van der Waals surface area contributed by atoms with E-state index in [9.17, 15) is 0 Å². The standard InChI is InChI=1S/C9H8N2OS/c1-6-5-12-9(11-6)7-2-3-10-8(13)4-7/h2-5H,1H3,(H,10,13). The van der Waals surface area contributed by atoms with Crippen molar-refractivity contribution in [1.29, 1.82) is 0 Å². The van der Waals surface area contributed by atoms with E-state index in [-0.39, 0.29) is 0 Å². The van der Waals surface area contributed by atoms with Crippen LogP contribution in [0, 0.1) is 6.92 Å². The number of aryl methyl sites for hydroxylation is 1. The van der Waals surface area contributed by atoms with Crippen LogP contribution in [0.2, 0.25) is 0 Å². The molecule has 4 heteroatoms. The number of rotatable bonds is 1. The first kappa shape index (κ1) is 8.31. The third-order valence-electron chi connectivity index (χ3n) is 1.61. The molecular formula is C9H8N2OS. The lowest BCUT2D eigenvalue weighted by Gasteiger charge is -1.94. The average Bonchev–Trinajstić information content (AvgIpc) is 2.52. The van der Waals surface area contributed by atoms with Crippen molar-refractivity contribution < 1.29 is 4.42 Å². The van der Waals surface area contributed by atoms with Crippen molar-refractivity contribution in [1.82, 2.24) is 9.97 Å². The molecule has 2 heterocycles. The van der Waals surface area contributed by atoms with E-state index in [1.165, 1.54) is 0 Å². The van der Waals surface area contributed by atoms with Gasteiger partial charge < -0.3 is 4.42 Å². The molecule has 0 unspecified atom stereocenters. The van der Waals surface area contributed by atoms with E-state index in [1.54, 1.807) is 12.5 Å². The Labute approximate surface area is 81.2 Å². The molecule has 0 aliphatic rings. The van der Waals surface area contributed by atoms with Gasteiger partial charge >= 0.3 is 0 Å². The summed E-state index contributed by atoms with van der Waals surface area (Å²) in [6, 6.07) is 3.65. The monoisotopic (exact) mass is 192 g/mol. The fourth-order valence-electron chi connectivity index (χ4n) is 1.04. The van der Waals surface area contributed by atoms with E-state index in [1.807, 2.05) is 19.1 Å². The third kappa shape index (κ3) is 1.72. The lowest BCUT2D eigenvalue weighted by atomic mass is 10.3. The predicted molar refractivity (Wildman–Crippen MR) is 51.7 cm³/mol. The highest BCUT2D eigenvalue weighted by Gasteiger charge is 2.03. The van der Waals surface area contributed by atoms with Crippen molar-refractivity contribution in [2.75, 3.05) is 0 Å². The fraction of sp³-hybridized carbons (Fsp3) is 0.111. The fourth-order valence-corrected chi connectivity index (χ4v) is 1.24. The van der Waals surface area contributed by atoms with Crippen molar-refractivity contribution in [2.45, 2.75) is 11.9 Å². The first-order valence-corrected chi connectivity index (χ1v) is 4.28. The van der Waals surface area contributed by atoms with Gasteiger partial charge in [-0.15, -0.1) is 12.6 Å². The van der Waals surface area contributed by atoms with E-state index in [2.05, 4.69) is 22.6 Å². The maximum absolute atomic E-state index is 5.23. The van der Waals surface area contributed by atoms with Crippen molar-refractivity contribution in [2.24, 2.45) is 0 Å². The summed E-state index contributed by atoms with van der Waals surface area (Å²) in [5.41, 5.74) is 1.76. The predicted octanol–water partition coefficient (Wildman–Crippen LogP) is 2.33. The summed E-state index contributed by atoms with van der Waals surface area (Å²) in [5, 5.41) is 0.661. The van der Waals surface area contributed by atoms with Crippen LogP contribution in [0.15, 0.2) is 34.0 Å². The van der Waals surface area contributed by atoms with Gasteiger partial charge in [-0.2, -0.15) is 0 Å². The van der Waals surface area contributed by atoms with Crippen molar-refractivity contribution in [3.63, 3.8) is 0 Å². The van der Waals surface area contributed by atoms with Crippen molar-refractivity contribution in [3.05, 3.63) is 30.3 Å². The van der Waals surface area contributed by atoms with Crippen LogP contribution >= 0.6 is 12.6 Å². The second kappa shape index (κ2) is 3.22. The number of thiol groups is 1. The number of hydrogen-bond donors (Lipinski definition) is 1. The zero-order valence-corrected chi connectivity index (χ0v) is 7.95. The zero-order chi connectivity index (χ0) is 9.26. The summed E-state index contributed by atoms with van der Waals surface area (Å²) in [7, 11) is 0. The molecule has 13 heavy (non-hydrogen) atoms. The molecule has 0 aromatic carbocycles. The highest BCUT2D eigenvalue weighted by atomic mass is 32.1. The summed E-state index contributed by atoms with van der Waals surface area (Å²) in [6.45, 7) is 1.88. The van der Waals surface area contributed by atoms with Crippen LogP contribution in [-0.2, 0) is 0 Å². The minimum Gasteiger partial charge on any atom is -0.444 e. The maximum atomic E-state index is 5.23. The number of oxazole rings is 1. The van der Waals surface area contributed by atoms with Gasteiger partial charge in [-0.05, 0) is 19.1 Å². The highest BCUT2D eigenvalue weighted by Crippen LogP contribution is 2.19. The molecule has 0 amide bonds. The van der Waals surface area contributed by atoms with Crippen molar-refractivity contribution >= 4 is 12.6 Å². The maximum Gasteiger partial charge on any atom is 0.226 e. The molecular weight excluding hydrogens is 184 g/mol. The molecule has 0 bridgehead atoms. The molecule has 0 atom stereocenters. The number of aromatic nitrogens is 2. The first-order valence-electron chi connectivity index (χ1n) is 3.83. The quantitative estimate of drug-likeness (QED) is 0.705. The van der Waals surface area contributed by atoms with E-state index < -0.39 is 0 Å². The minimum atomic E-state index is 0.607. The van der Waals surface area contributed by atoms with Gasteiger partial charge in [0.2, 0.25) is 5.89 Å². The Kier molecular flexibility index (Phi) is 2.06. The van der Waals surface area contributed by atoms with Gasteiger partial charge in [0.25, 0.3) is 0 Å². The van der Waals surface area contributed by atoms with Crippen LogP contribution in [0.5, 0.6) is 0 Å². The van der Waals surface area contributed by atoms with Gasteiger partial charge in [-0.3, -0.25) is 4.98 Å². The second-order valence-corrected chi connectivity index (χ2v) is 3.15. The molecule has 0 spiro atoms. The highest BCUT2D eigenvalue weighted by molar-refractivity contribution is 7.80. The van der Waals surface area contributed by atoms with Crippen LogP contribution in [0.25, 0.3) is 11.5 Å². The Morgan fingerprint density at radius 2 is 2.31 bits per heavy atom. The summed E-state index contributed by atoms with van der Waals surface area (Å²) >= 11 is 4.13. The van der Waals surface area contributed by atoms with E-state index in [0.29, 0.717) is 10.9 Å². The summed E-state index contributed by atoms with van der Waals surface area (Å²) in [4.78, 5) is 8.16. The second-order valence-electron chi connectivity index (χ2n) is 2.70. The molecule has 66 valence electrons. The third-order valence-corrected chi connectivity index (χ3v) is 1.86. The van der Waals surface area contributed by atoms with E-state index in [0.717, 1.165) is 11.3 Å². The average molecular weight is 192 g/mol. The van der Waals surface area contributed by atoms with Crippen LogP contribution in [-0.4, -0.2) is 9.97 Å². The minimum absolute atomic E-state index is 0.607. The molecule has 3 nitrogen and oxygen atoms in total. The Balaban J connectivity index is 2.46.